The summed E-state index contributed by atoms with van der Waals surface area (Å²) in [6.45, 7) is 4.99. The molecule has 2 atom stereocenters. The molecule has 2 heterocycles. The minimum atomic E-state index is -0.364. The number of rotatable bonds is 1. The van der Waals surface area contributed by atoms with Crippen molar-refractivity contribution in [2.45, 2.75) is 24.0 Å². The van der Waals surface area contributed by atoms with Crippen LogP contribution in [-0.2, 0) is 9.59 Å². The topological polar surface area (TPSA) is 37.4 Å². The molecule has 0 aliphatic carbocycles. The van der Waals surface area contributed by atoms with Crippen LogP contribution in [0.25, 0.3) is 0 Å². The van der Waals surface area contributed by atoms with E-state index >= 15 is 0 Å². The molecule has 0 spiro atoms. The maximum absolute atomic E-state index is 11.2. The third-order valence-electron chi connectivity index (χ3n) is 2.32. The Labute approximate surface area is 75.5 Å². The van der Waals surface area contributed by atoms with Gasteiger partial charge in [0.25, 0.3) is 0 Å². The number of hydrogen-bond acceptors (Lipinski definition) is 3. The summed E-state index contributed by atoms with van der Waals surface area (Å²) < 4.78 is 0.123. The average molecular weight is 185 g/mol. The standard InChI is InChI=1S/C8H11NO2S/c1-8(2)4-9-6(11)5(3-10)7(9)12-8/h3,5,7H,4H2,1-2H3. The van der Waals surface area contributed by atoms with Crippen LogP contribution in [0.2, 0.25) is 0 Å². The van der Waals surface area contributed by atoms with E-state index in [1.54, 1.807) is 16.7 Å². The molecule has 3 nitrogen and oxygen atoms in total. The second-order valence-corrected chi connectivity index (χ2v) is 5.72. The maximum atomic E-state index is 11.2. The Kier molecular flexibility index (Phi) is 1.52. The smallest absolute Gasteiger partial charge is 0.236 e. The van der Waals surface area contributed by atoms with Gasteiger partial charge in [0.15, 0.2) is 0 Å². The van der Waals surface area contributed by atoms with Crippen LogP contribution in [0.3, 0.4) is 0 Å². The molecule has 2 aliphatic heterocycles. The lowest BCUT2D eigenvalue weighted by Crippen LogP contribution is -2.57. The van der Waals surface area contributed by atoms with Crippen LogP contribution in [0.15, 0.2) is 0 Å². The molecular formula is C8H11NO2S. The third-order valence-corrected chi connectivity index (χ3v) is 3.88. The van der Waals surface area contributed by atoms with Gasteiger partial charge in [0.05, 0.1) is 5.37 Å². The molecule has 2 aliphatic rings. The molecule has 2 rings (SSSR count). The molecule has 0 bridgehead atoms. The highest BCUT2D eigenvalue weighted by molar-refractivity contribution is 8.01. The van der Waals surface area contributed by atoms with E-state index in [1.165, 1.54) is 0 Å². The molecule has 12 heavy (non-hydrogen) atoms. The van der Waals surface area contributed by atoms with Gasteiger partial charge in [-0.3, -0.25) is 4.79 Å². The largest absolute Gasteiger partial charge is 0.327 e. The fraction of sp³-hybridized carbons (Fsp3) is 0.750. The van der Waals surface area contributed by atoms with E-state index in [0.717, 1.165) is 12.8 Å². The molecule has 2 unspecified atom stereocenters. The predicted molar refractivity (Wildman–Crippen MR) is 46.7 cm³/mol. The van der Waals surface area contributed by atoms with E-state index < -0.39 is 0 Å². The van der Waals surface area contributed by atoms with Gasteiger partial charge in [-0.2, -0.15) is 0 Å². The maximum Gasteiger partial charge on any atom is 0.236 e. The minimum absolute atomic E-state index is 0.00748. The Morgan fingerprint density at radius 1 is 1.67 bits per heavy atom. The first-order valence-corrected chi connectivity index (χ1v) is 4.87. The zero-order valence-corrected chi connectivity index (χ0v) is 7.93. The highest BCUT2D eigenvalue weighted by Gasteiger charge is 2.55. The molecular weight excluding hydrogens is 174 g/mol. The number of nitrogens with zero attached hydrogens (tertiary/aromatic N) is 1. The SMILES string of the molecule is CC1(C)CN2C(=O)C(C=O)C2S1. The molecule has 0 aromatic carbocycles. The summed E-state index contributed by atoms with van der Waals surface area (Å²) in [5, 5.41) is 0.130. The summed E-state index contributed by atoms with van der Waals surface area (Å²) in [5.74, 6) is -0.357. The van der Waals surface area contributed by atoms with Gasteiger partial charge in [-0.1, -0.05) is 0 Å². The van der Waals surface area contributed by atoms with Gasteiger partial charge in [-0.25, -0.2) is 0 Å². The van der Waals surface area contributed by atoms with Crippen molar-refractivity contribution in [3.63, 3.8) is 0 Å². The summed E-state index contributed by atoms with van der Waals surface area (Å²) >= 11 is 1.73. The number of fused-ring (bicyclic) bond motifs is 1. The molecule has 66 valence electrons. The van der Waals surface area contributed by atoms with Crippen molar-refractivity contribution in [2.75, 3.05) is 6.54 Å². The Morgan fingerprint density at radius 3 is 2.92 bits per heavy atom. The summed E-state index contributed by atoms with van der Waals surface area (Å²) in [4.78, 5) is 23.5. The molecule has 0 N–H and O–H groups in total. The van der Waals surface area contributed by atoms with E-state index in [9.17, 15) is 9.59 Å². The Balaban J connectivity index is 2.16. The normalized spacial score (nSPS) is 37.5. The zero-order valence-electron chi connectivity index (χ0n) is 7.11. The Morgan fingerprint density at radius 2 is 2.33 bits per heavy atom. The molecule has 2 saturated heterocycles. The third kappa shape index (κ3) is 0.905. The van der Waals surface area contributed by atoms with Crippen LogP contribution in [-0.4, -0.2) is 33.8 Å². The molecule has 1 amide bonds. The van der Waals surface area contributed by atoms with Crippen molar-refractivity contribution in [2.24, 2.45) is 5.92 Å². The predicted octanol–water partition coefficient (Wildman–Crippen LogP) is 0.495. The number of thioether (sulfide) groups is 1. The molecule has 2 fully saturated rings. The van der Waals surface area contributed by atoms with Gasteiger partial charge < -0.3 is 9.69 Å². The van der Waals surface area contributed by atoms with E-state index in [-0.39, 0.29) is 21.9 Å². The lowest BCUT2D eigenvalue weighted by molar-refractivity contribution is -0.151. The van der Waals surface area contributed by atoms with Gasteiger partial charge in [0, 0.05) is 11.3 Å². The number of hydrogen-bond donors (Lipinski definition) is 0. The fourth-order valence-corrected chi connectivity index (χ4v) is 3.26. The van der Waals surface area contributed by atoms with Crippen molar-refractivity contribution >= 4 is 24.0 Å². The molecule has 4 heteroatoms. The lowest BCUT2D eigenvalue weighted by Gasteiger charge is -2.38. The summed E-state index contributed by atoms with van der Waals surface area (Å²) in [5.41, 5.74) is 0. The molecule has 0 radical (unpaired) electrons. The van der Waals surface area contributed by atoms with Crippen LogP contribution < -0.4 is 0 Å². The summed E-state index contributed by atoms with van der Waals surface area (Å²) in [6.07, 6.45) is 0.776. The highest BCUT2D eigenvalue weighted by Crippen LogP contribution is 2.48. The Bertz CT molecular complexity index is 251. The zero-order chi connectivity index (χ0) is 8.93. The minimum Gasteiger partial charge on any atom is -0.327 e. The van der Waals surface area contributed by atoms with Crippen LogP contribution in [0.1, 0.15) is 13.8 Å². The van der Waals surface area contributed by atoms with E-state index in [0.29, 0.717) is 0 Å². The van der Waals surface area contributed by atoms with Crippen LogP contribution in [0, 0.1) is 5.92 Å². The van der Waals surface area contributed by atoms with Gasteiger partial charge in [-0.15, -0.1) is 11.8 Å². The van der Waals surface area contributed by atoms with E-state index in [2.05, 4.69) is 13.8 Å². The number of aldehydes is 1. The molecule has 0 aromatic rings. The number of β-lactam (4-membered cyclic amide) rings is 1. The second kappa shape index (κ2) is 2.25. The first-order valence-electron chi connectivity index (χ1n) is 3.99. The quantitative estimate of drug-likeness (QED) is 0.339. The van der Waals surface area contributed by atoms with Crippen molar-refractivity contribution in [3.8, 4) is 0 Å². The average Bonchev–Trinajstić information content (AvgIpc) is 2.25. The summed E-state index contributed by atoms with van der Waals surface area (Å²) in [6, 6.07) is 0. The van der Waals surface area contributed by atoms with Crippen molar-refractivity contribution in [1.29, 1.82) is 0 Å². The summed E-state index contributed by atoms with van der Waals surface area (Å²) in [7, 11) is 0. The van der Waals surface area contributed by atoms with Gasteiger partial charge in [-0.05, 0) is 13.8 Å². The monoisotopic (exact) mass is 185 g/mol. The van der Waals surface area contributed by atoms with Crippen LogP contribution >= 0.6 is 11.8 Å². The highest BCUT2D eigenvalue weighted by atomic mass is 32.2. The molecule has 0 saturated carbocycles. The first-order chi connectivity index (χ1) is 5.55. The van der Waals surface area contributed by atoms with Crippen molar-refractivity contribution in [3.05, 3.63) is 0 Å². The second-order valence-electron chi connectivity index (χ2n) is 3.90. The fourth-order valence-electron chi connectivity index (χ4n) is 1.76. The van der Waals surface area contributed by atoms with Gasteiger partial charge >= 0.3 is 0 Å². The van der Waals surface area contributed by atoms with Crippen LogP contribution in [0.4, 0.5) is 0 Å². The van der Waals surface area contributed by atoms with Gasteiger partial charge in [0.1, 0.15) is 12.2 Å². The first kappa shape index (κ1) is 8.10. The molecule has 0 aromatic heterocycles. The van der Waals surface area contributed by atoms with E-state index in [1.807, 2.05) is 0 Å². The van der Waals surface area contributed by atoms with Crippen LogP contribution in [0.5, 0.6) is 0 Å². The number of carbonyl (C=O) groups excluding carboxylic acids is 2. The van der Waals surface area contributed by atoms with Gasteiger partial charge in [0.2, 0.25) is 5.91 Å². The lowest BCUT2D eigenvalue weighted by atomic mass is 9.99. The Hall–Kier alpha value is -0.510. The number of carbonyl (C=O) groups is 2. The number of amides is 1. The van der Waals surface area contributed by atoms with Crippen molar-refractivity contribution < 1.29 is 9.59 Å². The van der Waals surface area contributed by atoms with E-state index in [4.69, 9.17) is 0 Å². The van der Waals surface area contributed by atoms with Crippen molar-refractivity contribution in [1.82, 2.24) is 4.90 Å².